The van der Waals surface area contributed by atoms with Crippen LogP contribution in [-0.2, 0) is 17.7 Å². The first-order valence-corrected chi connectivity index (χ1v) is 10.3. The summed E-state index contributed by atoms with van der Waals surface area (Å²) in [6.07, 6.45) is 4.07. The Bertz CT molecular complexity index is 236. The molecule has 0 aromatic heterocycles. The molecule has 128 valence electrons. The van der Waals surface area contributed by atoms with E-state index in [4.69, 9.17) is 17.7 Å². The van der Waals surface area contributed by atoms with Crippen molar-refractivity contribution in [1.29, 1.82) is 0 Å². The molecule has 0 spiro atoms. The molecule has 0 bridgehead atoms. The molecule has 0 saturated heterocycles. The average molecular weight is 321 g/mol. The smallest absolute Gasteiger partial charge is 0.351 e. The van der Waals surface area contributed by atoms with Gasteiger partial charge in [0, 0.05) is 19.8 Å². The van der Waals surface area contributed by atoms with Gasteiger partial charge in [-0.3, -0.25) is 0 Å². The summed E-state index contributed by atoms with van der Waals surface area (Å²) in [5, 5.41) is 0. The first-order valence-electron chi connectivity index (χ1n) is 8.65. The SMILES string of the molecule is CCO[Si](OCC)(OCC)OC(CC)(CC)C(CC)CC. The van der Waals surface area contributed by atoms with Gasteiger partial charge in [-0.05, 0) is 39.5 Å². The highest BCUT2D eigenvalue weighted by Crippen LogP contribution is 2.37. The molecule has 0 aliphatic heterocycles. The maximum Gasteiger partial charge on any atom is 0.680 e. The average Bonchev–Trinajstić information content (AvgIpc) is 2.48. The summed E-state index contributed by atoms with van der Waals surface area (Å²) >= 11 is 0. The molecule has 4 nitrogen and oxygen atoms in total. The van der Waals surface area contributed by atoms with Crippen molar-refractivity contribution < 1.29 is 17.7 Å². The minimum Gasteiger partial charge on any atom is -0.351 e. The molecule has 0 atom stereocenters. The molecule has 21 heavy (non-hydrogen) atoms. The Balaban J connectivity index is 5.45. The first-order chi connectivity index (χ1) is 10.0. The van der Waals surface area contributed by atoms with Crippen LogP contribution in [0.5, 0.6) is 0 Å². The second-order valence-electron chi connectivity index (χ2n) is 5.19. The van der Waals surface area contributed by atoms with E-state index in [0.29, 0.717) is 25.7 Å². The Morgan fingerprint density at radius 1 is 0.714 bits per heavy atom. The van der Waals surface area contributed by atoms with Gasteiger partial charge in [-0.15, -0.1) is 0 Å². The lowest BCUT2D eigenvalue weighted by Gasteiger charge is -2.43. The van der Waals surface area contributed by atoms with Gasteiger partial charge in [0.15, 0.2) is 0 Å². The highest BCUT2D eigenvalue weighted by molar-refractivity contribution is 6.53. The Morgan fingerprint density at radius 3 is 1.33 bits per heavy atom. The van der Waals surface area contributed by atoms with E-state index in [1.54, 1.807) is 0 Å². The van der Waals surface area contributed by atoms with E-state index >= 15 is 0 Å². The van der Waals surface area contributed by atoms with Crippen LogP contribution in [0.2, 0.25) is 0 Å². The summed E-state index contributed by atoms with van der Waals surface area (Å²) in [5.74, 6) is 0.487. The topological polar surface area (TPSA) is 36.9 Å². The summed E-state index contributed by atoms with van der Waals surface area (Å²) in [4.78, 5) is 0. The Labute approximate surface area is 133 Å². The third-order valence-electron chi connectivity index (χ3n) is 4.22. The zero-order chi connectivity index (χ0) is 16.4. The summed E-state index contributed by atoms with van der Waals surface area (Å²) in [6.45, 7) is 16.3. The van der Waals surface area contributed by atoms with Gasteiger partial charge in [-0.1, -0.05) is 40.5 Å². The normalized spacial score (nSPS) is 13.1. The molecule has 0 aromatic rings. The standard InChI is InChI=1S/C16H36O4Si/c1-8-15(9-2)16(10-3,11-4)20-21(17-12-5,18-13-6)19-14-7/h15H,8-14H2,1-7H3. The van der Waals surface area contributed by atoms with Crippen LogP contribution in [0.15, 0.2) is 0 Å². The minimum atomic E-state index is -3.07. The summed E-state index contributed by atoms with van der Waals surface area (Å²) in [7, 11) is -3.07. The Kier molecular flexibility index (Phi) is 10.8. The Morgan fingerprint density at radius 2 is 1.10 bits per heavy atom. The third-order valence-corrected chi connectivity index (χ3v) is 6.80. The van der Waals surface area contributed by atoms with Crippen LogP contribution >= 0.6 is 0 Å². The molecule has 0 aromatic carbocycles. The van der Waals surface area contributed by atoms with Gasteiger partial charge in [0.2, 0.25) is 0 Å². The van der Waals surface area contributed by atoms with Crippen LogP contribution in [0.1, 0.15) is 74.1 Å². The van der Waals surface area contributed by atoms with Crippen molar-refractivity contribution in [3.05, 3.63) is 0 Å². The number of rotatable bonds is 13. The lowest BCUT2D eigenvalue weighted by molar-refractivity contribution is -0.118. The van der Waals surface area contributed by atoms with Gasteiger partial charge in [0.25, 0.3) is 0 Å². The van der Waals surface area contributed by atoms with E-state index < -0.39 is 9.05 Å². The molecular formula is C16H36O4Si. The molecule has 0 radical (unpaired) electrons. The second-order valence-corrected chi connectivity index (χ2v) is 7.26. The van der Waals surface area contributed by atoms with Crippen molar-refractivity contribution in [2.24, 2.45) is 5.92 Å². The fourth-order valence-corrected chi connectivity index (χ4v) is 5.52. The zero-order valence-corrected chi connectivity index (χ0v) is 16.2. The predicted octanol–water partition coefficient (Wildman–Crippen LogP) is 4.54. The molecule has 0 fully saturated rings. The highest BCUT2D eigenvalue weighted by Gasteiger charge is 2.52. The van der Waals surface area contributed by atoms with E-state index in [1.165, 1.54) is 0 Å². The molecule has 0 unspecified atom stereocenters. The van der Waals surface area contributed by atoms with Crippen molar-refractivity contribution in [2.75, 3.05) is 19.8 Å². The predicted molar refractivity (Wildman–Crippen MR) is 89.1 cm³/mol. The van der Waals surface area contributed by atoms with E-state index in [0.717, 1.165) is 25.7 Å². The van der Waals surface area contributed by atoms with Crippen LogP contribution in [0.3, 0.4) is 0 Å². The summed E-state index contributed by atoms with van der Waals surface area (Å²) < 4.78 is 24.2. The number of hydrogen-bond donors (Lipinski definition) is 0. The van der Waals surface area contributed by atoms with Crippen LogP contribution in [0.25, 0.3) is 0 Å². The highest BCUT2D eigenvalue weighted by atomic mass is 28.4. The quantitative estimate of drug-likeness (QED) is 0.467. The molecule has 0 aliphatic rings. The molecular weight excluding hydrogens is 284 g/mol. The molecule has 0 N–H and O–H groups in total. The Hall–Kier alpha value is 0.0569. The molecule has 0 amide bonds. The van der Waals surface area contributed by atoms with Gasteiger partial charge >= 0.3 is 9.05 Å². The van der Waals surface area contributed by atoms with Crippen molar-refractivity contribution in [3.8, 4) is 0 Å². The van der Waals surface area contributed by atoms with Gasteiger partial charge in [-0.25, -0.2) is 0 Å². The van der Waals surface area contributed by atoms with Gasteiger partial charge in [0.05, 0.1) is 5.60 Å². The second kappa shape index (κ2) is 10.7. The fourth-order valence-electron chi connectivity index (χ4n) is 3.08. The van der Waals surface area contributed by atoms with Crippen LogP contribution in [0.4, 0.5) is 0 Å². The summed E-state index contributed by atoms with van der Waals surface area (Å²) in [5.41, 5.74) is -0.227. The maximum absolute atomic E-state index is 6.56. The zero-order valence-electron chi connectivity index (χ0n) is 15.2. The van der Waals surface area contributed by atoms with Gasteiger partial charge in [-0.2, -0.15) is 0 Å². The van der Waals surface area contributed by atoms with Gasteiger partial charge < -0.3 is 17.7 Å². The maximum atomic E-state index is 6.56. The third kappa shape index (κ3) is 5.64. The van der Waals surface area contributed by atoms with Crippen molar-refractivity contribution in [2.45, 2.75) is 79.8 Å². The van der Waals surface area contributed by atoms with Gasteiger partial charge in [0.1, 0.15) is 0 Å². The fraction of sp³-hybridized carbons (Fsp3) is 1.00. The largest absolute Gasteiger partial charge is 0.680 e. The monoisotopic (exact) mass is 320 g/mol. The molecule has 5 heteroatoms. The van der Waals surface area contributed by atoms with Crippen LogP contribution in [-0.4, -0.2) is 34.5 Å². The van der Waals surface area contributed by atoms with Crippen LogP contribution < -0.4 is 0 Å². The lowest BCUT2D eigenvalue weighted by atomic mass is 9.80. The van der Waals surface area contributed by atoms with E-state index in [1.807, 2.05) is 20.8 Å². The van der Waals surface area contributed by atoms with E-state index in [9.17, 15) is 0 Å². The first kappa shape index (κ1) is 21.1. The van der Waals surface area contributed by atoms with Crippen molar-refractivity contribution >= 4 is 9.05 Å². The van der Waals surface area contributed by atoms with Crippen molar-refractivity contribution in [3.63, 3.8) is 0 Å². The lowest BCUT2D eigenvalue weighted by Crippen LogP contribution is -2.57. The molecule has 0 saturated carbocycles. The molecule has 0 heterocycles. The minimum absolute atomic E-state index is 0.227. The van der Waals surface area contributed by atoms with Crippen LogP contribution in [0, 0.1) is 5.92 Å². The molecule has 0 aliphatic carbocycles. The van der Waals surface area contributed by atoms with Crippen molar-refractivity contribution in [1.82, 2.24) is 0 Å². The van der Waals surface area contributed by atoms with E-state index in [-0.39, 0.29) is 5.60 Å². The van der Waals surface area contributed by atoms with E-state index in [2.05, 4.69) is 27.7 Å². The summed E-state index contributed by atoms with van der Waals surface area (Å²) in [6, 6.07) is 0. The number of hydrogen-bond acceptors (Lipinski definition) is 4. The molecule has 0 rings (SSSR count).